The topological polar surface area (TPSA) is 96.6 Å². The van der Waals surface area contributed by atoms with Crippen LogP contribution < -0.4 is 9.47 Å². The fourth-order valence-corrected chi connectivity index (χ4v) is 5.51. The number of ether oxygens (including phenoxy) is 2. The Morgan fingerprint density at radius 1 is 1.00 bits per heavy atom. The van der Waals surface area contributed by atoms with E-state index in [0.29, 0.717) is 54.6 Å². The molecule has 4 aromatic rings. The molecule has 0 aliphatic carbocycles. The SMILES string of the molecule is CCOc1cc(C2/C(=C(\O)c3nc4c(C)cccn4c3C)C(=O)C(=O)N2CCCN(C)C)ccc1OCc1ccccc1. The number of aryl methyl sites for hydroxylation is 2. The highest BCUT2D eigenvalue weighted by atomic mass is 16.5. The summed E-state index contributed by atoms with van der Waals surface area (Å²) in [6, 6.07) is 18.3. The number of carbonyl (C=O) groups excluding carboxylic acids is 2. The molecule has 1 aliphatic rings. The number of amides is 1. The van der Waals surface area contributed by atoms with E-state index in [1.165, 1.54) is 0 Å². The lowest BCUT2D eigenvalue weighted by Gasteiger charge is -2.26. The van der Waals surface area contributed by atoms with Crippen LogP contribution in [0.1, 0.15) is 47.5 Å². The van der Waals surface area contributed by atoms with Gasteiger partial charge in [-0.1, -0.05) is 42.5 Å². The standard InChI is InChI=1S/C34H38N4O5/c1-6-42-27-20-25(15-16-26(27)43-21-24-13-8-7-9-14-24)30-28(32(40)34(41)38(30)19-11-17-36(4)5)31(39)29-23(3)37-18-10-12-22(2)33(37)35-29/h7-10,12-16,18,20,30,39H,6,11,17,19,21H2,1-5H3/b31-28+. The molecule has 9 heteroatoms. The van der Waals surface area contributed by atoms with Gasteiger partial charge in [0.2, 0.25) is 0 Å². The van der Waals surface area contributed by atoms with Crippen molar-refractivity contribution in [2.75, 3.05) is 33.8 Å². The van der Waals surface area contributed by atoms with Gasteiger partial charge < -0.3 is 28.8 Å². The molecule has 1 atom stereocenters. The van der Waals surface area contributed by atoms with E-state index in [1.807, 2.05) is 98.9 Å². The van der Waals surface area contributed by atoms with Gasteiger partial charge in [0.05, 0.1) is 23.9 Å². The average molecular weight is 583 g/mol. The van der Waals surface area contributed by atoms with Crippen LogP contribution in [0.15, 0.2) is 72.4 Å². The number of hydrogen-bond acceptors (Lipinski definition) is 7. The van der Waals surface area contributed by atoms with Crippen LogP contribution in [-0.2, 0) is 16.2 Å². The minimum atomic E-state index is -0.824. The number of hydrogen-bond donors (Lipinski definition) is 1. The normalized spacial score (nSPS) is 16.4. The van der Waals surface area contributed by atoms with Gasteiger partial charge in [-0.2, -0.15) is 0 Å². The number of benzene rings is 2. The van der Waals surface area contributed by atoms with E-state index in [2.05, 4.69) is 0 Å². The second kappa shape index (κ2) is 12.7. The number of nitrogens with zero attached hydrogens (tertiary/aromatic N) is 4. The third kappa shape index (κ3) is 5.99. The third-order valence-electron chi connectivity index (χ3n) is 7.67. The Morgan fingerprint density at radius 2 is 1.77 bits per heavy atom. The molecule has 1 amide bonds. The molecule has 2 aromatic heterocycles. The Kier molecular flexibility index (Phi) is 8.82. The molecule has 0 bridgehead atoms. The maximum absolute atomic E-state index is 13.6. The highest BCUT2D eigenvalue weighted by molar-refractivity contribution is 6.46. The van der Waals surface area contributed by atoms with Crippen molar-refractivity contribution in [2.45, 2.75) is 39.8 Å². The van der Waals surface area contributed by atoms with E-state index in [0.717, 1.165) is 17.7 Å². The van der Waals surface area contributed by atoms with Crippen LogP contribution in [0.25, 0.3) is 11.4 Å². The lowest BCUT2D eigenvalue weighted by molar-refractivity contribution is -0.139. The molecule has 1 N–H and O–H groups in total. The monoisotopic (exact) mass is 582 g/mol. The number of rotatable bonds is 11. The van der Waals surface area contributed by atoms with E-state index in [1.54, 1.807) is 17.0 Å². The molecule has 1 unspecified atom stereocenters. The van der Waals surface area contributed by atoms with Gasteiger partial charge in [-0.05, 0) is 82.7 Å². The van der Waals surface area contributed by atoms with Crippen molar-refractivity contribution in [1.82, 2.24) is 19.2 Å². The summed E-state index contributed by atoms with van der Waals surface area (Å²) >= 11 is 0. The summed E-state index contributed by atoms with van der Waals surface area (Å²) in [4.78, 5) is 35.4. The maximum Gasteiger partial charge on any atom is 0.295 e. The number of imidazole rings is 1. The second-order valence-electron chi connectivity index (χ2n) is 11.0. The zero-order valence-corrected chi connectivity index (χ0v) is 25.3. The Bertz CT molecular complexity index is 1680. The number of aromatic nitrogens is 2. The molecule has 2 aromatic carbocycles. The first-order valence-corrected chi connectivity index (χ1v) is 14.5. The Labute approximate surface area is 252 Å². The van der Waals surface area contributed by atoms with Crippen LogP contribution in [0.2, 0.25) is 0 Å². The summed E-state index contributed by atoms with van der Waals surface area (Å²) in [5, 5.41) is 11.7. The van der Waals surface area contributed by atoms with E-state index in [9.17, 15) is 14.7 Å². The van der Waals surface area contributed by atoms with Crippen molar-refractivity contribution in [3.63, 3.8) is 0 Å². The van der Waals surface area contributed by atoms with Gasteiger partial charge in [-0.3, -0.25) is 9.59 Å². The van der Waals surface area contributed by atoms with Crippen LogP contribution in [0.3, 0.4) is 0 Å². The summed E-state index contributed by atoms with van der Waals surface area (Å²) in [6.07, 6.45) is 2.51. The Balaban J connectivity index is 1.60. The molecule has 1 saturated heterocycles. The van der Waals surface area contributed by atoms with Gasteiger partial charge in [0, 0.05) is 12.7 Å². The first kappa shape index (κ1) is 29.8. The molecule has 224 valence electrons. The lowest BCUT2D eigenvalue weighted by atomic mass is 9.96. The molecule has 0 radical (unpaired) electrons. The third-order valence-corrected chi connectivity index (χ3v) is 7.67. The Morgan fingerprint density at radius 3 is 2.47 bits per heavy atom. The quantitative estimate of drug-likeness (QED) is 0.146. The number of carbonyl (C=O) groups is 2. The van der Waals surface area contributed by atoms with Crippen molar-refractivity contribution in [1.29, 1.82) is 0 Å². The van der Waals surface area contributed by atoms with Crippen LogP contribution in [-0.4, -0.2) is 69.8 Å². The van der Waals surface area contributed by atoms with Crippen molar-refractivity contribution in [2.24, 2.45) is 0 Å². The molecular weight excluding hydrogens is 544 g/mol. The summed E-state index contributed by atoms with van der Waals surface area (Å²) in [6.45, 7) is 7.48. The first-order valence-electron chi connectivity index (χ1n) is 14.5. The van der Waals surface area contributed by atoms with Gasteiger partial charge in [0.1, 0.15) is 17.9 Å². The predicted octanol–water partition coefficient (Wildman–Crippen LogP) is 5.30. The number of likely N-dealkylation sites (tertiary alicyclic amines) is 1. The molecule has 43 heavy (non-hydrogen) atoms. The van der Waals surface area contributed by atoms with Gasteiger partial charge >= 0.3 is 0 Å². The maximum atomic E-state index is 13.6. The van der Waals surface area contributed by atoms with Crippen LogP contribution in [0.5, 0.6) is 11.5 Å². The van der Waals surface area contributed by atoms with Gasteiger partial charge in [0.15, 0.2) is 17.3 Å². The first-order chi connectivity index (χ1) is 20.7. The van der Waals surface area contributed by atoms with Gasteiger partial charge in [-0.25, -0.2) is 4.98 Å². The highest BCUT2D eigenvalue weighted by Crippen LogP contribution is 2.42. The van der Waals surface area contributed by atoms with E-state index in [4.69, 9.17) is 14.5 Å². The summed E-state index contributed by atoms with van der Waals surface area (Å²) in [5.74, 6) is -0.630. The average Bonchev–Trinajstić information content (AvgIpc) is 3.46. The number of aliphatic hydroxyl groups excluding tert-OH is 1. The molecule has 1 fully saturated rings. The smallest absolute Gasteiger partial charge is 0.295 e. The highest BCUT2D eigenvalue weighted by Gasteiger charge is 2.46. The van der Waals surface area contributed by atoms with Crippen molar-refractivity contribution in [3.05, 3.63) is 101 Å². The second-order valence-corrected chi connectivity index (χ2v) is 11.0. The van der Waals surface area contributed by atoms with Crippen molar-refractivity contribution in [3.8, 4) is 11.5 Å². The minimum Gasteiger partial charge on any atom is -0.505 e. The molecule has 1 aliphatic heterocycles. The van der Waals surface area contributed by atoms with Crippen LogP contribution in [0.4, 0.5) is 0 Å². The van der Waals surface area contributed by atoms with Gasteiger partial charge in [0.25, 0.3) is 11.7 Å². The predicted molar refractivity (Wildman–Crippen MR) is 165 cm³/mol. The Hall–Kier alpha value is -4.63. The van der Waals surface area contributed by atoms with E-state index in [-0.39, 0.29) is 17.0 Å². The lowest BCUT2D eigenvalue weighted by Crippen LogP contribution is -2.32. The van der Waals surface area contributed by atoms with Crippen molar-refractivity contribution >= 4 is 23.1 Å². The minimum absolute atomic E-state index is 0.0133. The number of ketones is 1. The summed E-state index contributed by atoms with van der Waals surface area (Å²) < 4.78 is 13.9. The van der Waals surface area contributed by atoms with E-state index < -0.39 is 17.7 Å². The van der Waals surface area contributed by atoms with Crippen molar-refractivity contribution < 1.29 is 24.2 Å². The summed E-state index contributed by atoms with van der Waals surface area (Å²) in [7, 11) is 3.92. The molecule has 3 heterocycles. The fourth-order valence-electron chi connectivity index (χ4n) is 5.51. The van der Waals surface area contributed by atoms with Gasteiger partial charge in [-0.15, -0.1) is 0 Å². The zero-order valence-electron chi connectivity index (χ0n) is 25.3. The number of aliphatic hydroxyl groups is 1. The van der Waals surface area contributed by atoms with E-state index >= 15 is 0 Å². The molecular formula is C34H38N4O5. The molecule has 5 rings (SSSR count). The largest absolute Gasteiger partial charge is 0.505 e. The van der Waals surface area contributed by atoms with Crippen LogP contribution >= 0.6 is 0 Å². The number of Topliss-reactive ketones (excluding diaryl/α,β-unsaturated/α-hetero) is 1. The molecule has 0 saturated carbocycles. The number of pyridine rings is 1. The molecule has 0 spiro atoms. The summed E-state index contributed by atoms with van der Waals surface area (Å²) in [5.41, 5.74) is 4.22. The fraction of sp³-hybridized carbons (Fsp3) is 0.324. The molecule has 9 nitrogen and oxygen atoms in total. The number of fused-ring (bicyclic) bond motifs is 1. The van der Waals surface area contributed by atoms with Crippen LogP contribution in [0, 0.1) is 13.8 Å². The zero-order chi connectivity index (χ0) is 30.7.